The fourth-order valence-electron chi connectivity index (χ4n) is 4.12. The highest BCUT2D eigenvalue weighted by atomic mass is 16.6. The van der Waals surface area contributed by atoms with Crippen LogP contribution in [-0.2, 0) is 20.7 Å². The molecule has 0 aliphatic rings. The molecule has 3 N–H and O–H groups in total. The third-order valence-electron chi connectivity index (χ3n) is 5.86. The largest absolute Gasteiger partial charge is 0.508 e. The highest BCUT2D eigenvalue weighted by Gasteiger charge is 2.36. The first-order valence-electron chi connectivity index (χ1n) is 13.4. The van der Waals surface area contributed by atoms with Gasteiger partial charge < -0.3 is 25.4 Å². The van der Waals surface area contributed by atoms with Crippen molar-refractivity contribution in [3.05, 3.63) is 65.2 Å². The van der Waals surface area contributed by atoms with Crippen molar-refractivity contribution in [3.8, 4) is 5.75 Å². The molecule has 0 aromatic heterocycles. The summed E-state index contributed by atoms with van der Waals surface area (Å²) in [5.41, 5.74) is 1.68. The Labute approximate surface area is 226 Å². The Morgan fingerprint density at radius 3 is 2.29 bits per heavy atom. The Kier molecular flexibility index (Phi) is 11.6. The molecule has 0 saturated heterocycles. The van der Waals surface area contributed by atoms with Crippen LogP contribution in [0.5, 0.6) is 5.75 Å². The minimum Gasteiger partial charge on any atom is -0.508 e. The van der Waals surface area contributed by atoms with Gasteiger partial charge in [0.05, 0.1) is 0 Å². The molecule has 0 aliphatic carbocycles. The number of rotatable bonds is 12. The Morgan fingerprint density at radius 2 is 1.71 bits per heavy atom. The molecule has 3 amide bonds. The van der Waals surface area contributed by atoms with Gasteiger partial charge in [0.2, 0.25) is 11.8 Å². The minimum atomic E-state index is -0.989. The van der Waals surface area contributed by atoms with Gasteiger partial charge in [0.25, 0.3) is 0 Å². The number of amides is 3. The van der Waals surface area contributed by atoms with Crippen molar-refractivity contribution in [2.45, 2.75) is 84.9 Å². The minimum absolute atomic E-state index is 0.104. The lowest BCUT2D eigenvalue weighted by Crippen LogP contribution is -2.54. The van der Waals surface area contributed by atoms with Crippen LogP contribution in [0.3, 0.4) is 0 Å². The van der Waals surface area contributed by atoms with E-state index in [0.29, 0.717) is 25.1 Å². The molecule has 0 saturated carbocycles. The predicted molar refractivity (Wildman–Crippen MR) is 149 cm³/mol. The van der Waals surface area contributed by atoms with Gasteiger partial charge in [-0.25, -0.2) is 4.79 Å². The van der Waals surface area contributed by atoms with Gasteiger partial charge >= 0.3 is 6.09 Å². The third kappa shape index (κ3) is 9.72. The summed E-state index contributed by atoms with van der Waals surface area (Å²) in [6, 6.07) is 12.2. The number of alkyl carbamates (subject to hydrolysis) is 1. The van der Waals surface area contributed by atoms with Crippen molar-refractivity contribution in [3.63, 3.8) is 0 Å². The number of benzene rings is 2. The van der Waals surface area contributed by atoms with Gasteiger partial charge in [-0.2, -0.15) is 0 Å². The van der Waals surface area contributed by atoms with Crippen molar-refractivity contribution < 1.29 is 24.2 Å². The van der Waals surface area contributed by atoms with Crippen LogP contribution in [0.2, 0.25) is 0 Å². The maximum Gasteiger partial charge on any atom is 0.408 e. The normalized spacial score (nSPS) is 12.8. The Balaban J connectivity index is 2.49. The van der Waals surface area contributed by atoms with Crippen molar-refractivity contribution in [1.29, 1.82) is 0 Å². The number of phenolic OH excluding ortho intramolecular Hbond substituents is 1. The molecule has 0 spiro atoms. The molecule has 208 valence electrons. The van der Waals surface area contributed by atoms with E-state index in [0.717, 1.165) is 24.0 Å². The van der Waals surface area contributed by atoms with Crippen molar-refractivity contribution >= 4 is 17.9 Å². The van der Waals surface area contributed by atoms with E-state index in [2.05, 4.69) is 10.6 Å². The van der Waals surface area contributed by atoms with Gasteiger partial charge in [0, 0.05) is 19.5 Å². The topological polar surface area (TPSA) is 108 Å². The molecule has 0 fully saturated rings. The summed E-state index contributed by atoms with van der Waals surface area (Å²) in [6.45, 7) is 12.0. The van der Waals surface area contributed by atoms with Crippen molar-refractivity contribution in [2.75, 3.05) is 13.1 Å². The van der Waals surface area contributed by atoms with Crippen LogP contribution in [0.1, 0.15) is 76.6 Å². The number of hydrogen-bond donors (Lipinski definition) is 3. The molecule has 2 atom stereocenters. The van der Waals surface area contributed by atoms with Crippen LogP contribution >= 0.6 is 0 Å². The quantitative estimate of drug-likeness (QED) is 0.337. The van der Waals surface area contributed by atoms with Gasteiger partial charge in [-0.15, -0.1) is 0 Å². The number of phenols is 1. The van der Waals surface area contributed by atoms with E-state index in [1.165, 1.54) is 12.1 Å². The molecule has 2 aromatic carbocycles. The molecule has 38 heavy (non-hydrogen) atoms. The first kappa shape index (κ1) is 30.7. The van der Waals surface area contributed by atoms with Crippen LogP contribution in [0.4, 0.5) is 4.79 Å². The standard InChI is InChI=1S/C30H43N3O5/c1-7-9-17-31-27(35)26(23-12-10-11-21(3)19-23)33(18-8-2)28(36)25(32-29(37)38-30(4,5)6)20-22-13-15-24(34)16-14-22/h10-16,19,25-26,34H,7-9,17-18,20H2,1-6H3,(H,31,35)(H,32,37). The summed E-state index contributed by atoms with van der Waals surface area (Å²) in [5, 5.41) is 15.4. The molecule has 2 unspecified atom stereocenters. The molecular weight excluding hydrogens is 482 g/mol. The fraction of sp³-hybridized carbons (Fsp3) is 0.500. The Morgan fingerprint density at radius 1 is 1.03 bits per heavy atom. The number of aromatic hydroxyl groups is 1. The maximum absolute atomic E-state index is 14.2. The SMILES string of the molecule is CCCCNC(=O)C(c1cccc(C)c1)N(CCC)C(=O)C(Cc1ccc(O)cc1)NC(=O)OC(C)(C)C. The average Bonchev–Trinajstić information content (AvgIpc) is 2.83. The summed E-state index contributed by atoms with van der Waals surface area (Å²) < 4.78 is 5.45. The van der Waals surface area contributed by atoms with Gasteiger partial charge in [0.1, 0.15) is 23.4 Å². The first-order chi connectivity index (χ1) is 17.9. The van der Waals surface area contributed by atoms with Crippen molar-refractivity contribution in [1.82, 2.24) is 15.5 Å². The van der Waals surface area contributed by atoms with E-state index in [-0.39, 0.29) is 24.0 Å². The van der Waals surface area contributed by atoms with E-state index in [1.807, 2.05) is 45.0 Å². The van der Waals surface area contributed by atoms with Gasteiger partial charge in [-0.05, 0) is 63.8 Å². The zero-order chi connectivity index (χ0) is 28.3. The molecule has 0 bridgehead atoms. The Bertz CT molecular complexity index is 1060. The summed E-state index contributed by atoms with van der Waals surface area (Å²) in [5.74, 6) is -0.540. The second kappa shape index (κ2) is 14.4. The first-order valence-corrected chi connectivity index (χ1v) is 13.4. The lowest BCUT2D eigenvalue weighted by atomic mass is 9.99. The van der Waals surface area contributed by atoms with Crippen molar-refractivity contribution in [2.24, 2.45) is 0 Å². The zero-order valence-electron chi connectivity index (χ0n) is 23.5. The second-order valence-corrected chi connectivity index (χ2v) is 10.6. The summed E-state index contributed by atoms with van der Waals surface area (Å²) in [4.78, 5) is 42.0. The highest BCUT2D eigenvalue weighted by Crippen LogP contribution is 2.25. The van der Waals surface area contributed by atoms with Crippen LogP contribution in [0.15, 0.2) is 48.5 Å². The lowest BCUT2D eigenvalue weighted by Gasteiger charge is -2.34. The smallest absolute Gasteiger partial charge is 0.408 e. The van der Waals surface area contributed by atoms with E-state index in [1.54, 1.807) is 37.8 Å². The number of nitrogens with zero attached hydrogens (tertiary/aromatic N) is 1. The van der Waals surface area contributed by atoms with E-state index >= 15 is 0 Å². The number of hydrogen-bond acceptors (Lipinski definition) is 5. The van der Waals surface area contributed by atoms with Gasteiger partial charge in [-0.3, -0.25) is 9.59 Å². The fourth-order valence-corrected chi connectivity index (χ4v) is 4.12. The maximum atomic E-state index is 14.2. The molecule has 2 aromatic rings. The number of carbonyl (C=O) groups is 3. The molecule has 0 aliphatic heterocycles. The number of nitrogens with one attached hydrogen (secondary N) is 2. The number of ether oxygens (including phenoxy) is 1. The molecule has 0 heterocycles. The molecule has 2 rings (SSSR count). The number of aryl methyl sites for hydroxylation is 1. The molecule has 0 radical (unpaired) electrons. The zero-order valence-corrected chi connectivity index (χ0v) is 23.5. The molecule has 8 heteroatoms. The monoisotopic (exact) mass is 525 g/mol. The van der Waals surface area contributed by atoms with Gasteiger partial charge in [0.15, 0.2) is 0 Å². The molecule has 8 nitrogen and oxygen atoms in total. The summed E-state index contributed by atoms with van der Waals surface area (Å²) >= 11 is 0. The summed E-state index contributed by atoms with van der Waals surface area (Å²) in [6.07, 6.45) is 1.83. The second-order valence-electron chi connectivity index (χ2n) is 10.6. The third-order valence-corrected chi connectivity index (χ3v) is 5.86. The van der Waals surface area contributed by atoms with Gasteiger partial charge in [-0.1, -0.05) is 62.2 Å². The van der Waals surface area contributed by atoms with Crippen LogP contribution in [0, 0.1) is 6.92 Å². The van der Waals surface area contributed by atoms with Crippen LogP contribution in [-0.4, -0.2) is 52.6 Å². The van der Waals surface area contributed by atoms with Crippen LogP contribution < -0.4 is 10.6 Å². The van der Waals surface area contributed by atoms with E-state index in [4.69, 9.17) is 4.74 Å². The Hall–Kier alpha value is -3.55. The van der Waals surface area contributed by atoms with E-state index < -0.39 is 23.8 Å². The summed E-state index contributed by atoms with van der Waals surface area (Å²) in [7, 11) is 0. The number of carbonyl (C=O) groups excluding carboxylic acids is 3. The number of unbranched alkanes of at least 4 members (excludes halogenated alkanes) is 1. The lowest BCUT2D eigenvalue weighted by molar-refractivity contribution is -0.142. The highest BCUT2D eigenvalue weighted by molar-refractivity contribution is 5.92. The van der Waals surface area contributed by atoms with E-state index in [9.17, 15) is 19.5 Å². The van der Waals surface area contributed by atoms with Crippen LogP contribution in [0.25, 0.3) is 0 Å². The average molecular weight is 526 g/mol. The molecular formula is C30H43N3O5. The predicted octanol–water partition coefficient (Wildman–Crippen LogP) is 5.03.